The fourth-order valence-corrected chi connectivity index (χ4v) is 4.19. The summed E-state index contributed by atoms with van der Waals surface area (Å²) in [5.74, 6) is 0.429. The Morgan fingerprint density at radius 3 is 1.85 bits per heavy atom. The topological polar surface area (TPSA) is 18.5 Å². The summed E-state index contributed by atoms with van der Waals surface area (Å²) in [4.78, 5) is 0. The van der Waals surface area contributed by atoms with Gasteiger partial charge in [-0.1, -0.05) is 62.3 Å². The molecule has 4 unspecified atom stereocenters. The van der Waals surface area contributed by atoms with E-state index in [0.717, 1.165) is 6.42 Å². The lowest BCUT2D eigenvalue weighted by Crippen LogP contribution is -2.48. The van der Waals surface area contributed by atoms with E-state index in [0.29, 0.717) is 5.92 Å². The van der Waals surface area contributed by atoms with E-state index in [9.17, 15) is 0 Å². The second-order valence-electron chi connectivity index (χ2n) is 10.2. The number of fused-ring (bicyclic) bond motifs is 2. The minimum absolute atomic E-state index is 0.113. The fraction of sp³-hybridized carbons (Fsp3) is 1.00. The lowest BCUT2D eigenvalue weighted by Gasteiger charge is -2.41. The molecule has 0 aromatic rings. The van der Waals surface area contributed by atoms with Crippen molar-refractivity contribution in [2.75, 3.05) is 0 Å². The van der Waals surface area contributed by atoms with E-state index in [1.165, 1.54) is 0 Å². The van der Waals surface area contributed by atoms with Gasteiger partial charge in [-0.3, -0.25) is 0 Å². The smallest absolute Gasteiger partial charge is 0.329 e. The molecule has 0 aromatic carbocycles. The van der Waals surface area contributed by atoms with Crippen LogP contribution in [-0.4, -0.2) is 25.2 Å². The van der Waals surface area contributed by atoms with E-state index < -0.39 is 0 Å². The normalized spacial score (nSPS) is 38.1. The van der Waals surface area contributed by atoms with Crippen LogP contribution in [0.4, 0.5) is 0 Å². The van der Waals surface area contributed by atoms with Crippen molar-refractivity contribution < 1.29 is 9.39 Å². The van der Waals surface area contributed by atoms with Crippen molar-refractivity contribution >= 4 is 7.48 Å². The minimum Gasteiger partial charge on any atom is -0.431 e. The van der Waals surface area contributed by atoms with Crippen molar-refractivity contribution in [3.8, 4) is 0 Å². The highest BCUT2D eigenvalue weighted by Gasteiger charge is 2.67. The van der Waals surface area contributed by atoms with Gasteiger partial charge in [0.1, 0.15) is 0 Å². The summed E-state index contributed by atoms with van der Waals surface area (Å²) in [5.41, 5.74) is 0.301. The zero-order valence-electron chi connectivity index (χ0n) is 14.8. The first-order chi connectivity index (χ1) is 8.76. The van der Waals surface area contributed by atoms with Gasteiger partial charge < -0.3 is 9.39 Å². The van der Waals surface area contributed by atoms with Crippen molar-refractivity contribution in [3.05, 3.63) is 0 Å². The summed E-state index contributed by atoms with van der Waals surface area (Å²) in [6, 6.07) is 0. The third kappa shape index (κ3) is 2.81. The summed E-state index contributed by atoms with van der Waals surface area (Å²) < 4.78 is 12.8. The molecule has 0 aliphatic carbocycles. The van der Waals surface area contributed by atoms with E-state index in [1.54, 1.807) is 0 Å². The van der Waals surface area contributed by atoms with Crippen molar-refractivity contribution in [2.45, 2.75) is 86.4 Å². The lowest BCUT2D eigenvalue weighted by molar-refractivity contribution is -0.102. The Labute approximate surface area is 126 Å². The van der Waals surface area contributed by atoms with Crippen LogP contribution in [0.25, 0.3) is 0 Å². The monoisotopic (exact) mass is 279 g/mol. The zero-order valence-corrected chi connectivity index (χ0v) is 14.8. The molecule has 0 N–H and O–H groups in total. The molecule has 115 valence electrons. The molecule has 20 heavy (non-hydrogen) atoms. The van der Waals surface area contributed by atoms with Crippen LogP contribution in [0.2, 0.25) is 0 Å². The van der Waals surface area contributed by atoms with Crippen LogP contribution in [0, 0.1) is 22.2 Å². The molecule has 2 saturated heterocycles. The van der Waals surface area contributed by atoms with Crippen LogP contribution in [0.3, 0.4) is 0 Å². The van der Waals surface area contributed by atoms with E-state index in [4.69, 9.17) is 9.39 Å². The molecule has 2 nitrogen and oxygen atoms in total. The second-order valence-corrected chi connectivity index (χ2v) is 10.2. The standard InChI is InChI=1S/C17H32BO2/c1-14(2,3)10-17-12(15(4,5)6)11(20-18-17)13(19-17)16(7,8)9/h11-13H,10H2,1-9H3. The van der Waals surface area contributed by atoms with Gasteiger partial charge in [-0.25, -0.2) is 0 Å². The third-order valence-electron chi connectivity index (χ3n) is 4.52. The Morgan fingerprint density at radius 2 is 1.45 bits per heavy atom. The molecular formula is C17H32BO2. The zero-order chi connectivity index (χ0) is 15.6. The third-order valence-corrected chi connectivity index (χ3v) is 4.52. The Kier molecular flexibility index (Phi) is 3.67. The van der Waals surface area contributed by atoms with Crippen LogP contribution < -0.4 is 0 Å². The molecule has 2 heterocycles. The number of hydrogen-bond donors (Lipinski definition) is 0. The van der Waals surface area contributed by atoms with Crippen LogP contribution in [0.5, 0.6) is 0 Å². The summed E-state index contributed by atoms with van der Waals surface area (Å²) in [7, 11) is 2.01. The molecule has 2 aliphatic rings. The lowest BCUT2D eigenvalue weighted by atomic mass is 9.56. The van der Waals surface area contributed by atoms with Crippen LogP contribution in [0.1, 0.15) is 68.7 Å². The van der Waals surface area contributed by atoms with Gasteiger partial charge in [0.05, 0.1) is 17.7 Å². The highest BCUT2D eigenvalue weighted by Crippen LogP contribution is 2.57. The molecule has 0 aromatic heterocycles. The quantitative estimate of drug-likeness (QED) is 0.668. The predicted molar refractivity (Wildman–Crippen MR) is 84.7 cm³/mol. The van der Waals surface area contributed by atoms with Gasteiger partial charge in [-0.05, 0) is 22.7 Å². The van der Waals surface area contributed by atoms with Crippen molar-refractivity contribution in [3.63, 3.8) is 0 Å². The van der Waals surface area contributed by atoms with Gasteiger partial charge in [0.15, 0.2) is 0 Å². The second kappa shape index (κ2) is 4.49. The average molecular weight is 279 g/mol. The van der Waals surface area contributed by atoms with Gasteiger partial charge in [0, 0.05) is 5.92 Å². The molecule has 2 bridgehead atoms. The molecule has 4 atom stereocenters. The van der Waals surface area contributed by atoms with E-state index >= 15 is 0 Å². The maximum Gasteiger partial charge on any atom is 0.329 e. The first-order valence-corrected chi connectivity index (χ1v) is 7.94. The Morgan fingerprint density at radius 1 is 0.900 bits per heavy atom. The maximum absolute atomic E-state index is 6.65. The van der Waals surface area contributed by atoms with Crippen LogP contribution >= 0.6 is 0 Å². The Balaban J connectivity index is 2.39. The molecule has 0 amide bonds. The van der Waals surface area contributed by atoms with Gasteiger partial charge in [-0.2, -0.15) is 0 Å². The number of ether oxygens (including phenoxy) is 1. The highest BCUT2D eigenvalue weighted by molar-refractivity contribution is 6.33. The summed E-state index contributed by atoms with van der Waals surface area (Å²) in [5, 5.41) is 0. The largest absolute Gasteiger partial charge is 0.431 e. The molecule has 2 aliphatic heterocycles. The Bertz CT molecular complexity index is 372. The highest BCUT2D eigenvalue weighted by atomic mass is 16.6. The SMILES string of the molecule is CC(C)(C)CC12[B]OC(C(C(C)(C)C)O1)C2C(C)(C)C. The maximum atomic E-state index is 6.65. The molecule has 1 radical (unpaired) electrons. The molecule has 0 spiro atoms. The van der Waals surface area contributed by atoms with Crippen molar-refractivity contribution in [1.82, 2.24) is 0 Å². The number of rotatable bonds is 1. The van der Waals surface area contributed by atoms with Crippen molar-refractivity contribution in [1.29, 1.82) is 0 Å². The number of hydrogen-bond acceptors (Lipinski definition) is 2. The summed E-state index contributed by atoms with van der Waals surface area (Å²) in [6.07, 6.45) is 1.39. The van der Waals surface area contributed by atoms with Gasteiger partial charge in [0.2, 0.25) is 0 Å². The summed E-state index contributed by atoms with van der Waals surface area (Å²) >= 11 is 0. The predicted octanol–water partition coefficient (Wildman–Crippen LogP) is 4.24. The summed E-state index contributed by atoms with van der Waals surface area (Å²) in [6.45, 7) is 20.6. The first-order valence-electron chi connectivity index (χ1n) is 7.94. The van der Waals surface area contributed by atoms with E-state index in [-0.39, 0.29) is 34.0 Å². The van der Waals surface area contributed by atoms with Gasteiger partial charge >= 0.3 is 7.48 Å². The molecule has 2 fully saturated rings. The molecule has 2 rings (SSSR count). The fourth-order valence-electron chi connectivity index (χ4n) is 4.19. The van der Waals surface area contributed by atoms with E-state index in [2.05, 4.69) is 62.3 Å². The Hall–Kier alpha value is -0.0151. The van der Waals surface area contributed by atoms with Gasteiger partial charge in [-0.15, -0.1) is 0 Å². The van der Waals surface area contributed by atoms with Crippen molar-refractivity contribution in [2.24, 2.45) is 22.2 Å². The van der Waals surface area contributed by atoms with Gasteiger partial charge in [0.25, 0.3) is 0 Å². The molecular weight excluding hydrogens is 247 g/mol. The van der Waals surface area contributed by atoms with Crippen LogP contribution in [0.15, 0.2) is 0 Å². The molecule has 0 saturated carbocycles. The van der Waals surface area contributed by atoms with E-state index in [1.807, 2.05) is 7.48 Å². The first kappa shape index (κ1) is 16.4. The van der Waals surface area contributed by atoms with Crippen LogP contribution in [-0.2, 0) is 9.39 Å². The minimum atomic E-state index is -0.223. The average Bonchev–Trinajstić information content (AvgIpc) is 2.63. The molecule has 3 heteroatoms.